The van der Waals surface area contributed by atoms with Crippen LogP contribution in [0.15, 0.2) is 56.3 Å². The Kier molecular flexibility index (Phi) is 5.37. The monoisotopic (exact) mass is 409 g/mol. The van der Waals surface area contributed by atoms with E-state index in [0.717, 1.165) is 16.5 Å². The van der Waals surface area contributed by atoms with Crippen molar-refractivity contribution in [2.45, 2.75) is 19.8 Å². The summed E-state index contributed by atoms with van der Waals surface area (Å²) in [5, 5.41) is 13.0. The highest BCUT2D eigenvalue weighted by Crippen LogP contribution is 2.34. The largest absolute Gasteiger partial charge is 0.464 e. The van der Waals surface area contributed by atoms with Crippen LogP contribution < -0.4 is 10.9 Å². The van der Waals surface area contributed by atoms with Crippen LogP contribution >= 0.6 is 0 Å². The average molecular weight is 409 g/mol. The normalized spacial score (nSPS) is 11.3. The number of hydrogen-bond donors (Lipinski definition) is 2. The molecule has 0 aliphatic rings. The fourth-order valence-electron chi connectivity index (χ4n) is 3.50. The van der Waals surface area contributed by atoms with Crippen molar-refractivity contribution >= 4 is 27.8 Å². The van der Waals surface area contributed by atoms with E-state index in [2.05, 4.69) is 5.32 Å². The molecule has 2 aromatic heterocycles. The molecule has 6 nitrogen and oxygen atoms in total. The van der Waals surface area contributed by atoms with E-state index in [1.807, 2.05) is 6.07 Å². The van der Waals surface area contributed by atoms with Gasteiger partial charge in [0.2, 0.25) is 5.91 Å². The summed E-state index contributed by atoms with van der Waals surface area (Å²) >= 11 is 0. The molecule has 2 aromatic carbocycles. The third kappa shape index (κ3) is 3.71. The molecule has 4 rings (SSSR count). The van der Waals surface area contributed by atoms with Gasteiger partial charge < -0.3 is 19.3 Å². The molecule has 0 saturated heterocycles. The molecule has 0 aliphatic heterocycles. The lowest BCUT2D eigenvalue weighted by atomic mass is 9.99. The first kappa shape index (κ1) is 19.8. The quantitative estimate of drug-likeness (QED) is 0.374. The molecule has 2 heterocycles. The summed E-state index contributed by atoms with van der Waals surface area (Å²) in [6, 6.07) is 9.61. The molecular weight excluding hydrogens is 389 g/mol. The fraction of sp³-hybridized carbons (Fsp3) is 0.217. The highest BCUT2D eigenvalue weighted by atomic mass is 19.1. The summed E-state index contributed by atoms with van der Waals surface area (Å²) in [7, 11) is 0. The number of amides is 1. The van der Waals surface area contributed by atoms with E-state index in [1.54, 1.807) is 31.4 Å². The molecule has 0 aliphatic carbocycles. The lowest BCUT2D eigenvalue weighted by Crippen LogP contribution is -2.29. The lowest BCUT2D eigenvalue weighted by Gasteiger charge is -2.09. The minimum atomic E-state index is -0.568. The van der Waals surface area contributed by atoms with E-state index in [9.17, 15) is 14.0 Å². The number of carbonyl (C=O) groups excluding carboxylic acids is 1. The molecular formula is C23H20FNO5. The number of carbonyl (C=O) groups is 1. The molecule has 30 heavy (non-hydrogen) atoms. The van der Waals surface area contributed by atoms with Gasteiger partial charge in [-0.2, -0.15) is 0 Å². The van der Waals surface area contributed by atoms with Crippen LogP contribution in [0, 0.1) is 12.7 Å². The van der Waals surface area contributed by atoms with Crippen molar-refractivity contribution < 1.29 is 23.1 Å². The van der Waals surface area contributed by atoms with Gasteiger partial charge in [0.15, 0.2) is 0 Å². The lowest BCUT2D eigenvalue weighted by molar-refractivity contribution is -0.120. The minimum absolute atomic E-state index is 0.0193. The average Bonchev–Trinajstić information content (AvgIpc) is 3.13. The maximum Gasteiger partial charge on any atom is 0.340 e. The Bertz CT molecular complexity index is 1290. The zero-order valence-electron chi connectivity index (χ0n) is 16.3. The summed E-state index contributed by atoms with van der Waals surface area (Å²) in [4.78, 5) is 24.6. The number of aliphatic hydroxyl groups excluding tert-OH is 1. The van der Waals surface area contributed by atoms with Crippen LogP contribution in [0.25, 0.3) is 33.1 Å². The zero-order valence-corrected chi connectivity index (χ0v) is 16.3. The van der Waals surface area contributed by atoms with Gasteiger partial charge in [-0.05, 0) is 42.7 Å². The first-order valence-corrected chi connectivity index (χ1v) is 9.59. The number of benzene rings is 2. The molecule has 0 bridgehead atoms. The Morgan fingerprint density at radius 2 is 1.90 bits per heavy atom. The summed E-state index contributed by atoms with van der Waals surface area (Å²) < 4.78 is 24.4. The summed E-state index contributed by atoms with van der Waals surface area (Å²) in [6.45, 7) is 2.09. The van der Waals surface area contributed by atoms with Crippen molar-refractivity contribution in [1.82, 2.24) is 5.32 Å². The molecule has 4 aromatic rings. The fourth-order valence-corrected chi connectivity index (χ4v) is 3.50. The molecule has 2 N–H and O–H groups in total. The number of fused-ring (bicyclic) bond motifs is 2. The highest BCUT2D eigenvalue weighted by Gasteiger charge is 2.17. The van der Waals surface area contributed by atoms with Gasteiger partial charge in [-0.1, -0.05) is 12.1 Å². The van der Waals surface area contributed by atoms with Crippen molar-refractivity contribution in [3.8, 4) is 11.1 Å². The van der Waals surface area contributed by atoms with Gasteiger partial charge in [-0.15, -0.1) is 0 Å². The third-order valence-corrected chi connectivity index (χ3v) is 5.13. The van der Waals surface area contributed by atoms with Gasteiger partial charge in [-0.25, -0.2) is 9.18 Å². The molecule has 0 radical (unpaired) electrons. The van der Waals surface area contributed by atoms with Crippen molar-refractivity contribution in [2.24, 2.45) is 0 Å². The SMILES string of the molecule is Cc1c(CC(=O)NCCCO)c(=O)oc2cc3occ(-c4ccc(F)cc4)c3cc12. The summed E-state index contributed by atoms with van der Waals surface area (Å²) in [6.07, 6.45) is 1.92. The Labute approximate surface area is 170 Å². The molecule has 0 saturated carbocycles. The van der Waals surface area contributed by atoms with Crippen molar-refractivity contribution in [3.05, 3.63) is 70.0 Å². The number of aliphatic hydroxyl groups is 1. The smallest absolute Gasteiger partial charge is 0.340 e. The van der Waals surface area contributed by atoms with Gasteiger partial charge >= 0.3 is 5.63 Å². The van der Waals surface area contributed by atoms with Crippen LogP contribution in [0.4, 0.5) is 4.39 Å². The number of rotatable bonds is 6. The van der Waals surface area contributed by atoms with Gasteiger partial charge in [0, 0.05) is 35.6 Å². The highest BCUT2D eigenvalue weighted by molar-refractivity contribution is 6.02. The molecule has 0 fully saturated rings. The van der Waals surface area contributed by atoms with Crippen LogP contribution in [0.2, 0.25) is 0 Å². The molecule has 7 heteroatoms. The Hall–Kier alpha value is -3.45. The second-order valence-corrected chi connectivity index (χ2v) is 7.10. The number of aryl methyl sites for hydroxylation is 1. The Morgan fingerprint density at radius 1 is 1.13 bits per heavy atom. The Morgan fingerprint density at radius 3 is 2.63 bits per heavy atom. The number of nitrogens with one attached hydrogen (secondary N) is 1. The van der Waals surface area contributed by atoms with Crippen molar-refractivity contribution in [2.75, 3.05) is 13.2 Å². The molecule has 1 amide bonds. The van der Waals surface area contributed by atoms with E-state index >= 15 is 0 Å². The van der Waals surface area contributed by atoms with Gasteiger partial charge in [0.05, 0.1) is 18.2 Å². The van der Waals surface area contributed by atoms with Crippen molar-refractivity contribution in [3.63, 3.8) is 0 Å². The van der Waals surface area contributed by atoms with Gasteiger partial charge in [0.1, 0.15) is 17.0 Å². The standard InChI is InChI=1S/C23H20FNO5/c1-13-16-9-18-19(14-3-5-15(24)6-4-14)12-29-20(18)11-21(16)30-23(28)17(13)10-22(27)25-7-2-8-26/h3-6,9,11-12,26H,2,7-8,10H2,1H3,(H,25,27). The third-order valence-electron chi connectivity index (χ3n) is 5.13. The first-order valence-electron chi connectivity index (χ1n) is 9.59. The van der Waals surface area contributed by atoms with Crippen LogP contribution in [0.3, 0.4) is 0 Å². The van der Waals surface area contributed by atoms with Crippen LogP contribution in [-0.2, 0) is 11.2 Å². The first-order chi connectivity index (χ1) is 14.5. The van der Waals surface area contributed by atoms with Crippen molar-refractivity contribution in [1.29, 1.82) is 0 Å². The zero-order chi connectivity index (χ0) is 21.3. The van der Waals surface area contributed by atoms with Gasteiger partial charge in [0.25, 0.3) is 0 Å². The molecule has 0 atom stereocenters. The summed E-state index contributed by atoms with van der Waals surface area (Å²) in [5.41, 5.74) is 2.88. The van der Waals surface area contributed by atoms with Gasteiger partial charge in [-0.3, -0.25) is 4.79 Å². The van der Waals surface area contributed by atoms with Crippen LogP contribution in [0.5, 0.6) is 0 Å². The second-order valence-electron chi connectivity index (χ2n) is 7.10. The maximum atomic E-state index is 13.3. The maximum absolute atomic E-state index is 13.3. The minimum Gasteiger partial charge on any atom is -0.464 e. The van der Waals surface area contributed by atoms with Crippen LogP contribution in [0.1, 0.15) is 17.5 Å². The Balaban J connectivity index is 1.78. The number of halogens is 1. The molecule has 154 valence electrons. The van der Waals surface area contributed by atoms with E-state index in [-0.39, 0.29) is 30.3 Å². The molecule has 0 unspecified atom stereocenters. The summed E-state index contributed by atoms with van der Waals surface area (Å²) in [5.74, 6) is -0.633. The number of hydrogen-bond acceptors (Lipinski definition) is 5. The predicted octanol–water partition coefficient (Wildman–Crippen LogP) is 3.69. The van der Waals surface area contributed by atoms with E-state index in [4.69, 9.17) is 13.9 Å². The van der Waals surface area contributed by atoms with Crippen LogP contribution in [-0.4, -0.2) is 24.2 Å². The van der Waals surface area contributed by atoms with E-state index in [1.165, 1.54) is 12.1 Å². The second kappa shape index (κ2) is 8.12. The predicted molar refractivity (Wildman–Crippen MR) is 111 cm³/mol. The van der Waals surface area contributed by atoms with E-state index < -0.39 is 5.63 Å². The van der Waals surface area contributed by atoms with E-state index in [0.29, 0.717) is 35.1 Å². The topological polar surface area (TPSA) is 92.7 Å². The molecule has 0 spiro atoms. The number of furan rings is 1.